The van der Waals surface area contributed by atoms with E-state index in [2.05, 4.69) is 24.2 Å². The fourth-order valence-electron chi connectivity index (χ4n) is 2.70. The van der Waals surface area contributed by atoms with Crippen molar-refractivity contribution in [3.8, 4) is 0 Å². The largest absolute Gasteiger partial charge is 0.317 e. The molecule has 0 aliphatic carbocycles. The van der Waals surface area contributed by atoms with Gasteiger partial charge in [0.1, 0.15) is 0 Å². The van der Waals surface area contributed by atoms with Crippen LogP contribution in [0.4, 0.5) is 0 Å². The zero-order chi connectivity index (χ0) is 13.8. The predicted octanol–water partition coefficient (Wildman–Crippen LogP) is 3.99. The number of rotatable bonds is 4. The molecule has 1 unspecified atom stereocenters. The molecule has 0 radical (unpaired) electrons. The van der Waals surface area contributed by atoms with E-state index in [9.17, 15) is 0 Å². The van der Waals surface area contributed by atoms with Gasteiger partial charge in [-0.3, -0.25) is 4.90 Å². The van der Waals surface area contributed by atoms with E-state index >= 15 is 0 Å². The Balaban J connectivity index is 2.01. The van der Waals surface area contributed by atoms with Gasteiger partial charge in [-0.15, -0.1) is 0 Å². The maximum Gasteiger partial charge on any atom is 0.0454 e. The SMILES string of the molecule is CC(c1cc(Cl)ccc1Cl)N(C)CC1CCNCC1. The first-order chi connectivity index (χ1) is 9.08. The van der Waals surface area contributed by atoms with E-state index in [-0.39, 0.29) is 0 Å². The number of benzene rings is 1. The van der Waals surface area contributed by atoms with Crippen LogP contribution in [-0.2, 0) is 0 Å². The van der Waals surface area contributed by atoms with Gasteiger partial charge < -0.3 is 5.32 Å². The van der Waals surface area contributed by atoms with Crippen molar-refractivity contribution >= 4 is 23.2 Å². The lowest BCUT2D eigenvalue weighted by Crippen LogP contribution is -2.35. The third kappa shape index (κ3) is 4.09. The van der Waals surface area contributed by atoms with Crippen molar-refractivity contribution in [3.63, 3.8) is 0 Å². The van der Waals surface area contributed by atoms with Crippen LogP contribution in [0, 0.1) is 5.92 Å². The van der Waals surface area contributed by atoms with Crippen molar-refractivity contribution in [2.45, 2.75) is 25.8 Å². The maximum atomic E-state index is 6.28. The van der Waals surface area contributed by atoms with Crippen LogP contribution < -0.4 is 5.32 Å². The first-order valence-corrected chi connectivity index (χ1v) is 7.69. The van der Waals surface area contributed by atoms with E-state index in [1.54, 1.807) is 0 Å². The summed E-state index contributed by atoms with van der Waals surface area (Å²) >= 11 is 12.4. The highest BCUT2D eigenvalue weighted by Gasteiger charge is 2.20. The van der Waals surface area contributed by atoms with Crippen LogP contribution in [0.1, 0.15) is 31.4 Å². The number of hydrogen-bond acceptors (Lipinski definition) is 2. The molecule has 106 valence electrons. The van der Waals surface area contributed by atoms with Crippen LogP contribution in [0.2, 0.25) is 10.0 Å². The highest BCUT2D eigenvalue weighted by Crippen LogP contribution is 2.30. The number of nitrogens with one attached hydrogen (secondary N) is 1. The van der Waals surface area contributed by atoms with Crippen LogP contribution in [0.25, 0.3) is 0 Å². The first-order valence-electron chi connectivity index (χ1n) is 6.94. The molecule has 19 heavy (non-hydrogen) atoms. The Kier molecular flexibility index (Phi) is 5.52. The summed E-state index contributed by atoms with van der Waals surface area (Å²) in [5.41, 5.74) is 1.12. The molecule has 1 atom stereocenters. The van der Waals surface area contributed by atoms with Gasteiger partial charge in [-0.25, -0.2) is 0 Å². The van der Waals surface area contributed by atoms with Crippen LogP contribution in [0.15, 0.2) is 18.2 Å². The molecule has 1 aliphatic rings. The van der Waals surface area contributed by atoms with E-state index < -0.39 is 0 Å². The summed E-state index contributed by atoms with van der Waals surface area (Å²) in [5.74, 6) is 0.784. The van der Waals surface area contributed by atoms with Gasteiger partial charge in [-0.05, 0) is 69.6 Å². The fourth-order valence-corrected chi connectivity index (χ4v) is 3.16. The summed E-state index contributed by atoms with van der Waals surface area (Å²) in [4.78, 5) is 2.38. The van der Waals surface area contributed by atoms with Gasteiger partial charge in [0, 0.05) is 22.6 Å². The average molecular weight is 301 g/mol. The van der Waals surface area contributed by atoms with Gasteiger partial charge in [-0.2, -0.15) is 0 Å². The smallest absolute Gasteiger partial charge is 0.0454 e. The van der Waals surface area contributed by atoms with E-state index in [0.717, 1.165) is 41.2 Å². The molecule has 1 heterocycles. The van der Waals surface area contributed by atoms with Crippen molar-refractivity contribution < 1.29 is 0 Å². The Labute approximate surface area is 126 Å². The molecule has 0 bridgehead atoms. The van der Waals surface area contributed by atoms with E-state index in [0.29, 0.717) is 6.04 Å². The maximum absolute atomic E-state index is 6.28. The monoisotopic (exact) mass is 300 g/mol. The average Bonchev–Trinajstić information content (AvgIpc) is 2.42. The second-order valence-electron chi connectivity index (χ2n) is 5.47. The number of halogens is 2. The molecule has 0 amide bonds. The van der Waals surface area contributed by atoms with E-state index in [1.807, 2.05) is 18.2 Å². The van der Waals surface area contributed by atoms with Gasteiger partial charge in [0.15, 0.2) is 0 Å². The molecule has 2 nitrogen and oxygen atoms in total. The van der Waals surface area contributed by atoms with Crippen molar-refractivity contribution in [3.05, 3.63) is 33.8 Å². The highest BCUT2D eigenvalue weighted by molar-refractivity contribution is 6.33. The summed E-state index contributed by atoms with van der Waals surface area (Å²) in [6.45, 7) is 5.60. The van der Waals surface area contributed by atoms with Crippen molar-refractivity contribution in [1.29, 1.82) is 0 Å². The molecule has 0 spiro atoms. The molecule has 1 aromatic carbocycles. The second kappa shape index (κ2) is 6.94. The molecule has 0 saturated carbocycles. The molecular weight excluding hydrogens is 279 g/mol. The summed E-state index contributed by atoms with van der Waals surface area (Å²) in [7, 11) is 2.17. The lowest BCUT2D eigenvalue weighted by molar-refractivity contribution is 0.197. The predicted molar refractivity (Wildman–Crippen MR) is 83.1 cm³/mol. The molecule has 1 aromatic rings. The van der Waals surface area contributed by atoms with Crippen LogP contribution in [-0.4, -0.2) is 31.6 Å². The van der Waals surface area contributed by atoms with Gasteiger partial charge >= 0.3 is 0 Å². The first kappa shape index (κ1) is 15.1. The molecule has 0 aromatic heterocycles. The summed E-state index contributed by atoms with van der Waals surface area (Å²) in [6, 6.07) is 6.00. The van der Waals surface area contributed by atoms with Crippen LogP contribution in [0.3, 0.4) is 0 Å². The minimum absolute atomic E-state index is 0.293. The molecule has 1 N–H and O–H groups in total. The molecular formula is C15H22Cl2N2. The normalized spacial score (nSPS) is 18.8. The van der Waals surface area contributed by atoms with Gasteiger partial charge in [0.2, 0.25) is 0 Å². The van der Waals surface area contributed by atoms with Gasteiger partial charge in [-0.1, -0.05) is 23.2 Å². The fraction of sp³-hybridized carbons (Fsp3) is 0.600. The van der Waals surface area contributed by atoms with Crippen molar-refractivity contribution in [2.75, 3.05) is 26.7 Å². The Morgan fingerprint density at radius 3 is 2.68 bits per heavy atom. The van der Waals surface area contributed by atoms with Gasteiger partial charge in [0.05, 0.1) is 0 Å². The minimum Gasteiger partial charge on any atom is -0.317 e. The van der Waals surface area contributed by atoms with Crippen molar-refractivity contribution in [2.24, 2.45) is 5.92 Å². The van der Waals surface area contributed by atoms with Crippen LogP contribution >= 0.6 is 23.2 Å². The second-order valence-corrected chi connectivity index (χ2v) is 6.32. The lowest BCUT2D eigenvalue weighted by Gasteiger charge is -2.32. The lowest BCUT2D eigenvalue weighted by atomic mass is 9.96. The summed E-state index contributed by atoms with van der Waals surface area (Å²) in [5, 5.41) is 4.96. The van der Waals surface area contributed by atoms with E-state index in [4.69, 9.17) is 23.2 Å². The molecule has 1 saturated heterocycles. The molecule has 1 fully saturated rings. The van der Waals surface area contributed by atoms with Crippen molar-refractivity contribution in [1.82, 2.24) is 10.2 Å². The quantitative estimate of drug-likeness (QED) is 0.904. The number of piperidine rings is 1. The molecule has 1 aliphatic heterocycles. The Bertz CT molecular complexity index is 417. The molecule has 4 heteroatoms. The zero-order valence-corrected chi connectivity index (χ0v) is 13.1. The van der Waals surface area contributed by atoms with Gasteiger partial charge in [0.25, 0.3) is 0 Å². The summed E-state index contributed by atoms with van der Waals surface area (Å²) < 4.78 is 0. The summed E-state index contributed by atoms with van der Waals surface area (Å²) in [6.07, 6.45) is 2.53. The highest BCUT2D eigenvalue weighted by atomic mass is 35.5. The third-order valence-electron chi connectivity index (χ3n) is 4.07. The van der Waals surface area contributed by atoms with Crippen LogP contribution in [0.5, 0.6) is 0 Å². The standard InChI is InChI=1S/C15H22Cl2N2/c1-11(14-9-13(16)3-4-15(14)17)19(2)10-12-5-7-18-8-6-12/h3-4,9,11-12,18H,5-8,10H2,1-2H3. The molecule has 2 rings (SSSR count). The number of nitrogens with zero attached hydrogens (tertiary/aromatic N) is 1. The number of hydrogen-bond donors (Lipinski definition) is 1. The Morgan fingerprint density at radius 2 is 2.00 bits per heavy atom. The Hall–Kier alpha value is -0.280. The zero-order valence-electron chi connectivity index (χ0n) is 11.6. The Morgan fingerprint density at radius 1 is 1.32 bits per heavy atom. The topological polar surface area (TPSA) is 15.3 Å². The third-order valence-corrected chi connectivity index (χ3v) is 4.65. The van der Waals surface area contributed by atoms with E-state index in [1.165, 1.54) is 12.8 Å². The minimum atomic E-state index is 0.293.